The van der Waals surface area contributed by atoms with Crippen LogP contribution in [0.1, 0.15) is 18.4 Å². The molecule has 0 aliphatic carbocycles. The van der Waals surface area contributed by atoms with Gasteiger partial charge in [0, 0.05) is 18.8 Å². The van der Waals surface area contributed by atoms with E-state index < -0.39 is 12.6 Å². The number of alkyl halides is 3. The first-order valence-electron chi connectivity index (χ1n) is 5.24. The Morgan fingerprint density at radius 3 is 2.69 bits per heavy atom. The zero-order valence-corrected chi connectivity index (χ0v) is 8.93. The minimum atomic E-state index is -4.04. The van der Waals surface area contributed by atoms with Gasteiger partial charge in [-0.25, -0.2) is 0 Å². The maximum atomic E-state index is 11.8. The second-order valence-electron chi connectivity index (χ2n) is 3.58. The summed E-state index contributed by atoms with van der Waals surface area (Å²) in [5.74, 6) is 0. The number of aromatic nitrogens is 1. The third-order valence-electron chi connectivity index (χ3n) is 2.13. The van der Waals surface area contributed by atoms with Crippen molar-refractivity contribution in [2.24, 2.45) is 0 Å². The summed E-state index contributed by atoms with van der Waals surface area (Å²) in [5.41, 5.74) is 1.09. The number of nitrogens with one attached hydrogen (secondary N) is 1. The van der Waals surface area contributed by atoms with Crippen LogP contribution < -0.4 is 5.32 Å². The number of hydrogen-bond acceptors (Lipinski definition) is 2. The second kappa shape index (κ2) is 6.48. The van der Waals surface area contributed by atoms with Gasteiger partial charge in [-0.3, -0.25) is 4.98 Å². The lowest BCUT2D eigenvalue weighted by Gasteiger charge is -2.07. The molecular weight excluding hydrogens is 217 g/mol. The Labute approximate surface area is 92.9 Å². The van der Waals surface area contributed by atoms with E-state index in [1.807, 2.05) is 12.1 Å². The summed E-state index contributed by atoms with van der Waals surface area (Å²) in [6.07, 6.45) is -0.369. The van der Waals surface area contributed by atoms with Crippen molar-refractivity contribution in [2.45, 2.75) is 25.4 Å². The average Bonchev–Trinajstić information content (AvgIpc) is 2.23. The molecule has 0 amide bonds. The second-order valence-corrected chi connectivity index (χ2v) is 3.58. The van der Waals surface area contributed by atoms with Crippen LogP contribution in [0.4, 0.5) is 13.2 Å². The van der Waals surface area contributed by atoms with E-state index >= 15 is 0 Å². The van der Waals surface area contributed by atoms with Crippen molar-refractivity contribution in [1.29, 1.82) is 0 Å². The predicted octanol–water partition coefficient (Wildman–Crippen LogP) is 2.56. The summed E-state index contributed by atoms with van der Waals surface area (Å²) in [6.45, 7) is 1.09. The molecule has 2 nitrogen and oxygen atoms in total. The molecule has 16 heavy (non-hydrogen) atoms. The molecule has 0 saturated carbocycles. The summed E-state index contributed by atoms with van der Waals surface area (Å²) >= 11 is 0. The van der Waals surface area contributed by atoms with Gasteiger partial charge in [0.15, 0.2) is 0 Å². The van der Waals surface area contributed by atoms with E-state index in [1.54, 1.807) is 12.4 Å². The number of nitrogens with zero attached hydrogens (tertiary/aromatic N) is 1. The highest BCUT2D eigenvalue weighted by atomic mass is 19.4. The lowest BCUT2D eigenvalue weighted by Crippen LogP contribution is -2.20. The fourth-order valence-electron chi connectivity index (χ4n) is 1.32. The molecule has 0 aromatic carbocycles. The summed E-state index contributed by atoms with van der Waals surface area (Å²) in [5, 5.41) is 2.98. The Morgan fingerprint density at radius 2 is 2.06 bits per heavy atom. The van der Waals surface area contributed by atoms with E-state index in [0.717, 1.165) is 12.0 Å². The molecule has 0 aliphatic heterocycles. The SMILES string of the molecule is FC(F)(F)CCCNCCc1cccnc1. The molecule has 0 fully saturated rings. The number of pyridine rings is 1. The highest BCUT2D eigenvalue weighted by Gasteiger charge is 2.25. The molecule has 0 bridgehead atoms. The molecule has 1 heterocycles. The molecule has 1 aromatic heterocycles. The van der Waals surface area contributed by atoms with Gasteiger partial charge in [0.2, 0.25) is 0 Å². The van der Waals surface area contributed by atoms with Crippen LogP contribution in [-0.4, -0.2) is 24.2 Å². The summed E-state index contributed by atoms with van der Waals surface area (Å²) < 4.78 is 35.4. The van der Waals surface area contributed by atoms with Crippen LogP contribution in [-0.2, 0) is 6.42 Å². The minimum Gasteiger partial charge on any atom is -0.316 e. The maximum Gasteiger partial charge on any atom is 0.389 e. The van der Waals surface area contributed by atoms with Gasteiger partial charge in [0.25, 0.3) is 0 Å². The predicted molar refractivity (Wildman–Crippen MR) is 56.1 cm³/mol. The van der Waals surface area contributed by atoms with Crippen LogP contribution in [0, 0.1) is 0 Å². The van der Waals surface area contributed by atoms with Gasteiger partial charge in [0.05, 0.1) is 0 Å². The lowest BCUT2D eigenvalue weighted by molar-refractivity contribution is -0.135. The Balaban J connectivity index is 2.01. The molecule has 1 aromatic rings. The molecule has 0 spiro atoms. The highest BCUT2D eigenvalue weighted by Crippen LogP contribution is 2.20. The van der Waals surface area contributed by atoms with Gasteiger partial charge in [-0.15, -0.1) is 0 Å². The first kappa shape index (κ1) is 13.0. The molecule has 1 N–H and O–H groups in total. The topological polar surface area (TPSA) is 24.9 Å². The van der Waals surface area contributed by atoms with E-state index in [9.17, 15) is 13.2 Å². The van der Waals surface area contributed by atoms with Gasteiger partial charge < -0.3 is 5.32 Å². The normalized spacial score (nSPS) is 11.7. The fourth-order valence-corrected chi connectivity index (χ4v) is 1.32. The van der Waals surface area contributed by atoms with Crippen molar-refractivity contribution in [3.8, 4) is 0 Å². The van der Waals surface area contributed by atoms with E-state index in [0.29, 0.717) is 13.1 Å². The van der Waals surface area contributed by atoms with Crippen molar-refractivity contribution in [2.75, 3.05) is 13.1 Å². The van der Waals surface area contributed by atoms with Gasteiger partial charge >= 0.3 is 6.18 Å². The third-order valence-corrected chi connectivity index (χ3v) is 2.13. The number of rotatable bonds is 6. The maximum absolute atomic E-state index is 11.8. The van der Waals surface area contributed by atoms with Gasteiger partial charge in [-0.1, -0.05) is 6.07 Å². The Bertz CT molecular complexity index is 285. The van der Waals surface area contributed by atoms with Crippen molar-refractivity contribution in [3.05, 3.63) is 30.1 Å². The fraction of sp³-hybridized carbons (Fsp3) is 0.545. The first-order chi connectivity index (χ1) is 7.58. The molecule has 0 saturated heterocycles. The zero-order chi connectivity index (χ0) is 11.9. The smallest absolute Gasteiger partial charge is 0.316 e. The average molecular weight is 232 g/mol. The Kier molecular flexibility index (Phi) is 5.25. The molecule has 90 valence electrons. The van der Waals surface area contributed by atoms with Crippen LogP contribution in [0.15, 0.2) is 24.5 Å². The van der Waals surface area contributed by atoms with Crippen molar-refractivity contribution in [1.82, 2.24) is 10.3 Å². The van der Waals surface area contributed by atoms with Crippen molar-refractivity contribution in [3.63, 3.8) is 0 Å². The van der Waals surface area contributed by atoms with Gasteiger partial charge in [0.1, 0.15) is 0 Å². The largest absolute Gasteiger partial charge is 0.389 e. The van der Waals surface area contributed by atoms with E-state index in [4.69, 9.17) is 0 Å². The van der Waals surface area contributed by atoms with E-state index in [2.05, 4.69) is 10.3 Å². The van der Waals surface area contributed by atoms with Crippen molar-refractivity contribution < 1.29 is 13.2 Å². The molecule has 5 heteroatoms. The molecule has 0 radical (unpaired) electrons. The third kappa shape index (κ3) is 6.40. The highest BCUT2D eigenvalue weighted by molar-refractivity contribution is 5.08. The van der Waals surface area contributed by atoms with Crippen LogP contribution in [0.25, 0.3) is 0 Å². The number of hydrogen-bond donors (Lipinski definition) is 1. The van der Waals surface area contributed by atoms with Crippen LogP contribution in [0.3, 0.4) is 0 Å². The van der Waals surface area contributed by atoms with Crippen molar-refractivity contribution >= 4 is 0 Å². The van der Waals surface area contributed by atoms with Gasteiger partial charge in [-0.2, -0.15) is 13.2 Å². The Hall–Kier alpha value is -1.10. The molecule has 0 unspecified atom stereocenters. The summed E-state index contributed by atoms with van der Waals surface area (Å²) in [4.78, 5) is 3.96. The van der Waals surface area contributed by atoms with E-state index in [-0.39, 0.29) is 6.42 Å². The van der Waals surface area contributed by atoms with Gasteiger partial charge in [-0.05, 0) is 37.6 Å². The minimum absolute atomic E-state index is 0.135. The quantitative estimate of drug-likeness (QED) is 0.762. The Morgan fingerprint density at radius 1 is 1.25 bits per heavy atom. The summed E-state index contributed by atoms with van der Waals surface area (Å²) in [6, 6.07) is 3.80. The zero-order valence-electron chi connectivity index (χ0n) is 8.93. The number of halogens is 3. The molecule has 1 rings (SSSR count). The van der Waals surface area contributed by atoms with Crippen LogP contribution in [0.2, 0.25) is 0 Å². The summed E-state index contributed by atoms with van der Waals surface area (Å²) in [7, 11) is 0. The molecular formula is C11H15F3N2. The lowest BCUT2D eigenvalue weighted by atomic mass is 10.2. The van der Waals surface area contributed by atoms with Crippen LogP contribution >= 0.6 is 0 Å². The molecule has 0 atom stereocenters. The van der Waals surface area contributed by atoms with E-state index in [1.165, 1.54) is 0 Å². The monoisotopic (exact) mass is 232 g/mol. The van der Waals surface area contributed by atoms with Crippen LogP contribution in [0.5, 0.6) is 0 Å². The first-order valence-corrected chi connectivity index (χ1v) is 5.24. The molecule has 0 aliphatic rings. The standard InChI is InChI=1S/C11H15F3N2/c12-11(13,14)5-2-7-15-8-4-10-3-1-6-16-9-10/h1,3,6,9,15H,2,4-5,7-8H2.